The zero-order chi connectivity index (χ0) is 17.9. The van der Waals surface area contributed by atoms with Crippen molar-refractivity contribution < 1.29 is 22.7 Å². The lowest BCUT2D eigenvalue weighted by molar-refractivity contribution is 0.0596. The molecule has 1 unspecified atom stereocenters. The van der Waals surface area contributed by atoms with Crippen LogP contribution >= 0.6 is 0 Å². The number of benzene rings is 1. The average molecular weight is 353 g/mol. The van der Waals surface area contributed by atoms with E-state index in [0.717, 1.165) is 19.1 Å². The molecule has 0 spiro atoms. The second kappa shape index (κ2) is 6.91. The van der Waals surface area contributed by atoms with E-state index in [1.807, 2.05) is 11.6 Å². The zero-order valence-electron chi connectivity index (χ0n) is 13.6. The Labute approximate surface area is 140 Å². The molecule has 0 aliphatic carbocycles. The summed E-state index contributed by atoms with van der Waals surface area (Å²) in [6.07, 6.45) is 2.40. The molecule has 1 atom stereocenters. The zero-order valence-corrected chi connectivity index (χ0v) is 14.4. The Hall–Kier alpha value is -2.55. The SMILES string of the molecule is CCC1=CNN(C(=O)NS(=O)(=O)c2ccccc2C(=O)OC)C1C. The van der Waals surface area contributed by atoms with Crippen LogP contribution in [0.5, 0.6) is 0 Å². The first-order valence-electron chi connectivity index (χ1n) is 7.30. The van der Waals surface area contributed by atoms with Crippen LogP contribution in [0.15, 0.2) is 40.9 Å². The molecule has 0 saturated carbocycles. The first kappa shape index (κ1) is 17.8. The number of sulfonamides is 1. The summed E-state index contributed by atoms with van der Waals surface area (Å²) in [6.45, 7) is 3.72. The van der Waals surface area contributed by atoms with Gasteiger partial charge in [-0.2, -0.15) is 0 Å². The van der Waals surface area contributed by atoms with Gasteiger partial charge < -0.3 is 10.2 Å². The quantitative estimate of drug-likeness (QED) is 0.792. The van der Waals surface area contributed by atoms with Gasteiger partial charge in [0.15, 0.2) is 0 Å². The van der Waals surface area contributed by atoms with Crippen molar-refractivity contribution in [1.82, 2.24) is 15.2 Å². The highest BCUT2D eigenvalue weighted by Crippen LogP contribution is 2.19. The number of esters is 1. The molecule has 2 amide bonds. The van der Waals surface area contributed by atoms with E-state index in [4.69, 9.17) is 0 Å². The topological polar surface area (TPSA) is 105 Å². The van der Waals surface area contributed by atoms with Gasteiger partial charge in [-0.3, -0.25) is 0 Å². The lowest BCUT2D eigenvalue weighted by Crippen LogP contribution is -2.49. The van der Waals surface area contributed by atoms with Gasteiger partial charge in [0, 0.05) is 6.20 Å². The predicted octanol–water partition coefficient (Wildman–Crippen LogP) is 1.37. The van der Waals surface area contributed by atoms with E-state index in [-0.39, 0.29) is 16.5 Å². The van der Waals surface area contributed by atoms with Crippen LogP contribution in [0, 0.1) is 0 Å². The van der Waals surface area contributed by atoms with Gasteiger partial charge in [0.2, 0.25) is 0 Å². The number of carbonyl (C=O) groups excluding carboxylic acids is 2. The molecule has 8 nitrogen and oxygen atoms in total. The standard InChI is InChI=1S/C15H19N3O5S/c1-4-11-9-16-18(10(11)2)15(20)17-24(21,22)13-8-6-5-7-12(13)14(19)23-3/h5-10,16H,4H2,1-3H3,(H,17,20). The number of hydrazine groups is 1. The molecule has 0 saturated heterocycles. The van der Waals surface area contributed by atoms with E-state index in [1.165, 1.54) is 29.3 Å². The van der Waals surface area contributed by atoms with Crippen molar-refractivity contribution in [3.8, 4) is 0 Å². The van der Waals surface area contributed by atoms with Crippen LogP contribution in [0.4, 0.5) is 4.79 Å². The third-order valence-corrected chi connectivity index (χ3v) is 5.12. The van der Waals surface area contributed by atoms with Crippen molar-refractivity contribution in [2.45, 2.75) is 31.2 Å². The van der Waals surface area contributed by atoms with Crippen LogP contribution in [-0.4, -0.2) is 38.6 Å². The maximum Gasteiger partial charge on any atom is 0.350 e. The summed E-state index contributed by atoms with van der Waals surface area (Å²) in [5.41, 5.74) is 3.56. The molecular weight excluding hydrogens is 334 g/mol. The molecule has 9 heteroatoms. The Morgan fingerprint density at radius 2 is 2.00 bits per heavy atom. The number of hydrogen-bond acceptors (Lipinski definition) is 6. The van der Waals surface area contributed by atoms with E-state index < -0.39 is 22.0 Å². The summed E-state index contributed by atoms with van der Waals surface area (Å²) in [5, 5.41) is 1.18. The highest BCUT2D eigenvalue weighted by atomic mass is 32.2. The number of ether oxygens (including phenoxy) is 1. The molecule has 1 aromatic rings. The van der Waals surface area contributed by atoms with E-state index in [9.17, 15) is 18.0 Å². The molecule has 1 aliphatic rings. The third-order valence-electron chi connectivity index (χ3n) is 3.74. The Morgan fingerprint density at radius 1 is 1.33 bits per heavy atom. The highest BCUT2D eigenvalue weighted by Gasteiger charge is 2.31. The number of rotatable bonds is 4. The van der Waals surface area contributed by atoms with Crippen LogP contribution in [0.1, 0.15) is 30.6 Å². The molecular formula is C15H19N3O5S. The minimum absolute atomic E-state index is 0.143. The van der Waals surface area contributed by atoms with Gasteiger partial charge in [-0.15, -0.1) is 0 Å². The summed E-state index contributed by atoms with van der Waals surface area (Å²) in [7, 11) is -3.08. The van der Waals surface area contributed by atoms with Gasteiger partial charge in [-0.25, -0.2) is 27.7 Å². The highest BCUT2D eigenvalue weighted by molar-refractivity contribution is 7.90. The van der Waals surface area contributed by atoms with Gasteiger partial charge in [0.05, 0.1) is 18.7 Å². The number of urea groups is 1. The van der Waals surface area contributed by atoms with Gasteiger partial charge in [0.1, 0.15) is 4.90 Å². The number of amides is 2. The van der Waals surface area contributed by atoms with Crippen LogP contribution in [-0.2, 0) is 14.8 Å². The Morgan fingerprint density at radius 3 is 2.58 bits per heavy atom. The number of nitrogens with zero attached hydrogens (tertiary/aromatic N) is 1. The van der Waals surface area contributed by atoms with Crippen LogP contribution < -0.4 is 10.1 Å². The molecule has 0 aromatic heterocycles. The van der Waals surface area contributed by atoms with Crippen LogP contribution in [0.2, 0.25) is 0 Å². The minimum atomic E-state index is -4.24. The largest absolute Gasteiger partial charge is 0.465 e. The molecule has 1 aliphatic heterocycles. The molecule has 1 heterocycles. The summed E-state index contributed by atoms with van der Waals surface area (Å²) in [4.78, 5) is 23.7. The van der Waals surface area contributed by atoms with Crippen LogP contribution in [0.25, 0.3) is 0 Å². The molecule has 2 rings (SSSR count). The monoisotopic (exact) mass is 353 g/mol. The molecule has 0 fully saturated rings. The summed E-state index contributed by atoms with van der Waals surface area (Å²) >= 11 is 0. The van der Waals surface area contributed by atoms with Gasteiger partial charge in [-0.1, -0.05) is 19.1 Å². The first-order valence-corrected chi connectivity index (χ1v) is 8.78. The van der Waals surface area contributed by atoms with Crippen LogP contribution in [0.3, 0.4) is 0 Å². The average Bonchev–Trinajstić information content (AvgIpc) is 2.94. The Kier molecular flexibility index (Phi) is 5.13. The molecule has 1 aromatic carbocycles. The molecule has 0 radical (unpaired) electrons. The smallest absolute Gasteiger partial charge is 0.350 e. The fourth-order valence-electron chi connectivity index (χ4n) is 2.38. The predicted molar refractivity (Wildman–Crippen MR) is 86.3 cm³/mol. The van der Waals surface area contributed by atoms with E-state index in [0.29, 0.717) is 0 Å². The molecule has 24 heavy (non-hydrogen) atoms. The van der Waals surface area contributed by atoms with E-state index in [1.54, 1.807) is 13.1 Å². The molecule has 2 N–H and O–H groups in total. The van der Waals surface area contributed by atoms with Gasteiger partial charge in [0.25, 0.3) is 10.0 Å². The minimum Gasteiger partial charge on any atom is -0.465 e. The normalized spacial score (nSPS) is 17.0. The van der Waals surface area contributed by atoms with E-state index in [2.05, 4.69) is 10.2 Å². The number of nitrogens with one attached hydrogen (secondary N) is 2. The van der Waals surface area contributed by atoms with Gasteiger partial charge in [-0.05, 0) is 31.1 Å². The lowest BCUT2D eigenvalue weighted by Gasteiger charge is -2.23. The first-order chi connectivity index (χ1) is 11.3. The van der Waals surface area contributed by atoms with Crippen molar-refractivity contribution in [1.29, 1.82) is 0 Å². The summed E-state index contributed by atoms with van der Waals surface area (Å²) in [5.74, 6) is -0.800. The Balaban J connectivity index is 2.24. The maximum absolute atomic E-state index is 12.5. The van der Waals surface area contributed by atoms with Crippen molar-refractivity contribution in [3.63, 3.8) is 0 Å². The number of hydrogen-bond donors (Lipinski definition) is 2. The summed E-state index contributed by atoms with van der Waals surface area (Å²) in [6, 6.07) is 4.41. The maximum atomic E-state index is 12.5. The Bertz CT molecular complexity index is 788. The van der Waals surface area contributed by atoms with Crippen molar-refractivity contribution in [2.24, 2.45) is 0 Å². The van der Waals surface area contributed by atoms with E-state index >= 15 is 0 Å². The number of carbonyl (C=O) groups is 2. The second-order valence-corrected chi connectivity index (χ2v) is 6.80. The number of methoxy groups -OCH3 is 1. The fraction of sp³-hybridized carbons (Fsp3) is 0.333. The van der Waals surface area contributed by atoms with Crippen molar-refractivity contribution in [3.05, 3.63) is 41.6 Å². The van der Waals surface area contributed by atoms with Gasteiger partial charge >= 0.3 is 12.0 Å². The second-order valence-electron chi connectivity index (χ2n) is 5.15. The lowest BCUT2D eigenvalue weighted by atomic mass is 10.1. The van der Waals surface area contributed by atoms with Crippen molar-refractivity contribution >= 4 is 22.0 Å². The molecule has 0 bridgehead atoms. The van der Waals surface area contributed by atoms with Crippen molar-refractivity contribution in [2.75, 3.05) is 7.11 Å². The third kappa shape index (κ3) is 3.35. The summed E-state index contributed by atoms with van der Waals surface area (Å²) < 4.78 is 31.5. The molecule has 130 valence electrons. The fourth-order valence-corrected chi connectivity index (χ4v) is 3.52.